The van der Waals surface area contributed by atoms with E-state index in [-0.39, 0.29) is 17.9 Å². The molecule has 0 bridgehead atoms. The second-order valence-electron chi connectivity index (χ2n) is 6.51. The quantitative estimate of drug-likeness (QED) is 0.794. The minimum atomic E-state index is -0.325. The predicted molar refractivity (Wildman–Crippen MR) is 107 cm³/mol. The second kappa shape index (κ2) is 8.74. The van der Waals surface area contributed by atoms with Gasteiger partial charge >= 0.3 is 0 Å². The fourth-order valence-electron chi connectivity index (χ4n) is 2.98. The van der Waals surface area contributed by atoms with Crippen molar-refractivity contribution in [3.63, 3.8) is 0 Å². The number of amides is 2. The zero-order chi connectivity index (χ0) is 19.4. The predicted octanol–water partition coefficient (Wildman–Crippen LogP) is 4.50. The molecular formula is C20H20Cl2N2O3. The van der Waals surface area contributed by atoms with E-state index in [1.54, 1.807) is 54.4 Å². The van der Waals surface area contributed by atoms with Gasteiger partial charge in [-0.1, -0.05) is 23.2 Å². The summed E-state index contributed by atoms with van der Waals surface area (Å²) in [6.45, 7) is 1.34. The Bertz CT molecular complexity index is 813. The maximum absolute atomic E-state index is 12.5. The van der Waals surface area contributed by atoms with Gasteiger partial charge in [-0.15, -0.1) is 0 Å². The van der Waals surface area contributed by atoms with Crippen molar-refractivity contribution >= 4 is 40.7 Å². The minimum absolute atomic E-state index is 0.0787. The maximum Gasteiger partial charge on any atom is 0.255 e. The molecule has 1 N–H and O–H groups in total. The Hall–Kier alpha value is -2.08. The molecule has 2 aromatic carbocycles. The van der Waals surface area contributed by atoms with Crippen LogP contribution in [0.4, 0.5) is 5.69 Å². The van der Waals surface area contributed by atoms with Gasteiger partial charge in [0.1, 0.15) is 0 Å². The lowest BCUT2D eigenvalue weighted by atomic mass is 10.1. The van der Waals surface area contributed by atoms with Gasteiger partial charge in [-0.25, -0.2) is 0 Å². The Morgan fingerprint density at radius 2 is 1.78 bits per heavy atom. The molecule has 1 aliphatic rings. The molecule has 0 spiro atoms. The summed E-state index contributed by atoms with van der Waals surface area (Å²) in [7, 11) is 1.77. The van der Waals surface area contributed by atoms with Crippen molar-refractivity contribution in [2.45, 2.75) is 18.9 Å². The van der Waals surface area contributed by atoms with Crippen LogP contribution in [0.1, 0.15) is 33.6 Å². The monoisotopic (exact) mass is 406 g/mol. The smallest absolute Gasteiger partial charge is 0.255 e. The van der Waals surface area contributed by atoms with E-state index in [4.69, 9.17) is 27.9 Å². The highest BCUT2D eigenvalue weighted by Gasteiger charge is 2.20. The number of carbonyl (C=O) groups excluding carboxylic acids is 2. The van der Waals surface area contributed by atoms with E-state index >= 15 is 0 Å². The maximum atomic E-state index is 12.5. The van der Waals surface area contributed by atoms with E-state index in [2.05, 4.69) is 5.32 Å². The molecule has 2 aromatic rings. The van der Waals surface area contributed by atoms with Gasteiger partial charge in [0.25, 0.3) is 11.8 Å². The van der Waals surface area contributed by atoms with Crippen LogP contribution < -0.4 is 5.32 Å². The van der Waals surface area contributed by atoms with Gasteiger partial charge < -0.3 is 15.0 Å². The van der Waals surface area contributed by atoms with Gasteiger partial charge in [0, 0.05) is 47.1 Å². The van der Waals surface area contributed by atoms with Crippen LogP contribution in [-0.4, -0.2) is 43.0 Å². The normalized spacial score (nSPS) is 16.2. The van der Waals surface area contributed by atoms with E-state index in [9.17, 15) is 9.59 Å². The van der Waals surface area contributed by atoms with Gasteiger partial charge in [-0.05, 0) is 55.3 Å². The molecule has 1 fully saturated rings. The molecule has 1 aliphatic heterocycles. The number of hydrogen-bond acceptors (Lipinski definition) is 3. The Morgan fingerprint density at radius 3 is 2.37 bits per heavy atom. The zero-order valence-electron chi connectivity index (χ0n) is 14.9. The summed E-state index contributed by atoms with van der Waals surface area (Å²) < 4.78 is 5.57. The van der Waals surface area contributed by atoms with E-state index in [1.165, 1.54) is 0 Å². The molecule has 142 valence electrons. The third kappa shape index (κ3) is 5.22. The van der Waals surface area contributed by atoms with Gasteiger partial charge in [0.05, 0.1) is 6.10 Å². The van der Waals surface area contributed by atoms with Crippen molar-refractivity contribution in [2.75, 3.05) is 25.5 Å². The molecule has 5 nitrogen and oxygen atoms in total. The molecule has 3 rings (SSSR count). The Kier molecular flexibility index (Phi) is 6.37. The lowest BCUT2D eigenvalue weighted by molar-refractivity contribution is 0.0587. The molecule has 7 heteroatoms. The molecule has 0 aromatic heterocycles. The molecule has 1 heterocycles. The first kappa shape index (κ1) is 19.7. The van der Waals surface area contributed by atoms with Crippen LogP contribution >= 0.6 is 23.2 Å². The van der Waals surface area contributed by atoms with Gasteiger partial charge in [-0.3, -0.25) is 9.59 Å². The molecule has 1 saturated heterocycles. The van der Waals surface area contributed by atoms with Crippen molar-refractivity contribution in [3.05, 3.63) is 63.6 Å². The minimum Gasteiger partial charge on any atom is -0.376 e. The van der Waals surface area contributed by atoms with Crippen LogP contribution in [0.2, 0.25) is 10.0 Å². The first-order valence-electron chi connectivity index (χ1n) is 8.67. The van der Waals surface area contributed by atoms with Crippen LogP contribution in [0.5, 0.6) is 0 Å². The van der Waals surface area contributed by atoms with Crippen LogP contribution in [0, 0.1) is 0 Å². The van der Waals surface area contributed by atoms with E-state index in [0.717, 1.165) is 19.4 Å². The van der Waals surface area contributed by atoms with Gasteiger partial charge in [0.15, 0.2) is 0 Å². The van der Waals surface area contributed by atoms with Crippen LogP contribution in [-0.2, 0) is 4.74 Å². The summed E-state index contributed by atoms with van der Waals surface area (Å²) >= 11 is 11.9. The molecule has 27 heavy (non-hydrogen) atoms. The summed E-state index contributed by atoms with van der Waals surface area (Å²) in [6.07, 6.45) is 2.14. The number of rotatable bonds is 5. The van der Waals surface area contributed by atoms with E-state index in [0.29, 0.717) is 33.4 Å². The van der Waals surface area contributed by atoms with Crippen molar-refractivity contribution in [3.8, 4) is 0 Å². The average molecular weight is 407 g/mol. The van der Waals surface area contributed by atoms with E-state index in [1.807, 2.05) is 0 Å². The van der Waals surface area contributed by atoms with Crippen molar-refractivity contribution in [2.24, 2.45) is 0 Å². The largest absolute Gasteiger partial charge is 0.376 e. The molecule has 0 radical (unpaired) electrons. The molecule has 0 aliphatic carbocycles. The first-order valence-corrected chi connectivity index (χ1v) is 9.42. The standard InChI is InChI=1S/C20H20Cl2N2O3/c1-24(12-18-3-2-8-27-18)20(26)13-4-6-17(7-5-13)23-19(25)14-9-15(21)11-16(22)10-14/h4-7,9-11,18H,2-3,8,12H2,1H3,(H,23,25). The molecule has 1 unspecified atom stereocenters. The number of anilines is 1. The fourth-order valence-corrected chi connectivity index (χ4v) is 3.51. The number of halogens is 2. The summed E-state index contributed by atoms with van der Waals surface area (Å²) in [6, 6.07) is 11.4. The molecule has 2 amide bonds. The summed E-state index contributed by atoms with van der Waals surface area (Å²) in [5.74, 6) is -0.404. The van der Waals surface area contributed by atoms with Crippen LogP contribution in [0.25, 0.3) is 0 Å². The van der Waals surface area contributed by atoms with Crippen molar-refractivity contribution in [1.82, 2.24) is 4.90 Å². The highest BCUT2D eigenvalue weighted by molar-refractivity contribution is 6.35. The third-order valence-electron chi connectivity index (χ3n) is 4.36. The molecular weight excluding hydrogens is 387 g/mol. The highest BCUT2D eigenvalue weighted by atomic mass is 35.5. The number of hydrogen-bond donors (Lipinski definition) is 1. The third-order valence-corrected chi connectivity index (χ3v) is 4.80. The number of ether oxygens (including phenoxy) is 1. The number of likely N-dealkylation sites (N-methyl/N-ethyl adjacent to an activating group) is 1. The Labute approximate surface area is 168 Å². The lowest BCUT2D eigenvalue weighted by Gasteiger charge is -2.21. The fraction of sp³-hybridized carbons (Fsp3) is 0.300. The number of benzene rings is 2. The lowest BCUT2D eigenvalue weighted by Crippen LogP contribution is -2.34. The highest BCUT2D eigenvalue weighted by Crippen LogP contribution is 2.20. The summed E-state index contributed by atoms with van der Waals surface area (Å²) in [5, 5.41) is 3.55. The Morgan fingerprint density at radius 1 is 1.11 bits per heavy atom. The first-order chi connectivity index (χ1) is 12.9. The average Bonchev–Trinajstić information content (AvgIpc) is 3.14. The number of nitrogens with one attached hydrogen (secondary N) is 1. The summed E-state index contributed by atoms with van der Waals surface area (Å²) in [4.78, 5) is 26.5. The molecule has 0 saturated carbocycles. The Balaban J connectivity index is 1.62. The van der Waals surface area contributed by atoms with Crippen molar-refractivity contribution in [1.29, 1.82) is 0 Å². The van der Waals surface area contributed by atoms with Gasteiger partial charge in [0.2, 0.25) is 0 Å². The van der Waals surface area contributed by atoms with Crippen LogP contribution in [0.3, 0.4) is 0 Å². The van der Waals surface area contributed by atoms with E-state index < -0.39 is 0 Å². The summed E-state index contributed by atoms with van der Waals surface area (Å²) in [5.41, 5.74) is 1.50. The second-order valence-corrected chi connectivity index (χ2v) is 7.38. The van der Waals surface area contributed by atoms with Gasteiger partial charge in [-0.2, -0.15) is 0 Å². The van der Waals surface area contributed by atoms with Crippen molar-refractivity contribution < 1.29 is 14.3 Å². The SMILES string of the molecule is CN(CC1CCCO1)C(=O)c1ccc(NC(=O)c2cc(Cl)cc(Cl)c2)cc1. The zero-order valence-corrected chi connectivity index (χ0v) is 16.4. The van der Waals surface area contributed by atoms with Crippen LogP contribution in [0.15, 0.2) is 42.5 Å². The number of carbonyl (C=O) groups is 2. The number of nitrogens with zero attached hydrogens (tertiary/aromatic N) is 1. The molecule has 1 atom stereocenters. The topological polar surface area (TPSA) is 58.6 Å².